The van der Waals surface area contributed by atoms with Gasteiger partial charge in [-0.3, -0.25) is 0 Å². The Balaban J connectivity index is 1.60. The van der Waals surface area contributed by atoms with Gasteiger partial charge in [0.05, 0.1) is 0 Å². The number of H-pyrrole nitrogens is 1. The van der Waals surface area contributed by atoms with E-state index in [1.165, 1.54) is 0 Å². The first-order valence-electron chi connectivity index (χ1n) is 9.53. The molecule has 150 valence electrons. The van der Waals surface area contributed by atoms with Crippen LogP contribution in [0.2, 0.25) is 0 Å². The third-order valence-electron chi connectivity index (χ3n) is 4.86. The molecule has 0 atom stereocenters. The quantitative estimate of drug-likeness (QED) is 0.487. The van der Waals surface area contributed by atoms with Crippen molar-refractivity contribution in [1.82, 2.24) is 25.6 Å². The third-order valence-corrected chi connectivity index (χ3v) is 4.86. The number of benzene rings is 2. The number of aromatic carboxylic acids is 1. The van der Waals surface area contributed by atoms with E-state index in [1.807, 2.05) is 60.4 Å². The van der Waals surface area contributed by atoms with Gasteiger partial charge in [0.1, 0.15) is 11.4 Å². The van der Waals surface area contributed by atoms with Crippen LogP contribution in [0, 0.1) is 0 Å². The summed E-state index contributed by atoms with van der Waals surface area (Å²) >= 11 is 0. The number of nitrogens with one attached hydrogen (secondary N) is 1. The lowest BCUT2D eigenvalue weighted by atomic mass is 9.98. The molecule has 0 spiro atoms. The molecule has 0 bridgehead atoms. The van der Waals surface area contributed by atoms with Gasteiger partial charge in [-0.2, -0.15) is 0 Å². The van der Waals surface area contributed by atoms with E-state index in [2.05, 4.69) is 25.6 Å². The van der Waals surface area contributed by atoms with Crippen LogP contribution >= 0.6 is 0 Å². The van der Waals surface area contributed by atoms with Crippen LogP contribution in [0.5, 0.6) is 0 Å². The molecule has 0 radical (unpaired) electrons. The zero-order valence-electron chi connectivity index (χ0n) is 16.4. The van der Waals surface area contributed by atoms with E-state index in [-0.39, 0.29) is 5.56 Å². The van der Waals surface area contributed by atoms with E-state index >= 15 is 0 Å². The third kappa shape index (κ3) is 3.88. The highest BCUT2D eigenvalue weighted by Crippen LogP contribution is 2.30. The Morgan fingerprint density at radius 2 is 1.80 bits per heavy atom. The first-order chi connectivity index (χ1) is 14.7. The molecule has 2 aromatic heterocycles. The van der Waals surface area contributed by atoms with Crippen molar-refractivity contribution in [3.8, 4) is 22.5 Å². The fourth-order valence-corrected chi connectivity index (χ4v) is 3.38. The van der Waals surface area contributed by atoms with Gasteiger partial charge in [0.15, 0.2) is 5.82 Å². The maximum absolute atomic E-state index is 11.5. The number of rotatable bonds is 7. The molecule has 0 aliphatic heterocycles. The Morgan fingerprint density at radius 1 is 1.03 bits per heavy atom. The van der Waals surface area contributed by atoms with E-state index < -0.39 is 5.97 Å². The predicted molar refractivity (Wildman–Crippen MR) is 113 cm³/mol. The molecule has 0 saturated heterocycles. The Morgan fingerprint density at radius 3 is 2.47 bits per heavy atom. The molecule has 30 heavy (non-hydrogen) atoms. The average molecular weight is 400 g/mol. The first kappa shape index (κ1) is 19.3. The number of aromatic nitrogens is 5. The molecule has 0 saturated carbocycles. The smallest absolute Gasteiger partial charge is 0.339 e. The molecule has 2 aromatic carbocycles. The minimum absolute atomic E-state index is 0.200. The van der Waals surface area contributed by atoms with E-state index in [0.29, 0.717) is 24.7 Å². The van der Waals surface area contributed by atoms with Gasteiger partial charge < -0.3 is 10.0 Å². The number of hydrogen-bond acceptors (Lipinski definition) is 6. The van der Waals surface area contributed by atoms with Crippen molar-refractivity contribution in [2.75, 3.05) is 11.4 Å². The number of nitrogens with zero attached hydrogens (tertiary/aromatic N) is 5. The number of pyridine rings is 1. The Bertz CT molecular complexity index is 1140. The van der Waals surface area contributed by atoms with Crippen molar-refractivity contribution in [2.24, 2.45) is 0 Å². The number of carbonyl (C=O) groups is 1. The van der Waals surface area contributed by atoms with Crippen LogP contribution < -0.4 is 4.90 Å². The second-order valence-electron chi connectivity index (χ2n) is 6.69. The van der Waals surface area contributed by atoms with Gasteiger partial charge in [-0.15, -0.1) is 5.10 Å². The van der Waals surface area contributed by atoms with Gasteiger partial charge in [0, 0.05) is 24.8 Å². The summed E-state index contributed by atoms with van der Waals surface area (Å²) in [6, 6.07) is 19.3. The van der Waals surface area contributed by atoms with Crippen LogP contribution in [0.15, 0.2) is 66.9 Å². The number of aromatic amines is 1. The van der Waals surface area contributed by atoms with Crippen molar-refractivity contribution in [3.05, 3.63) is 78.0 Å². The second-order valence-corrected chi connectivity index (χ2v) is 6.69. The summed E-state index contributed by atoms with van der Waals surface area (Å²) in [5.41, 5.74) is 4.24. The van der Waals surface area contributed by atoms with Crippen molar-refractivity contribution in [1.29, 1.82) is 0 Å². The lowest BCUT2D eigenvalue weighted by Crippen LogP contribution is -2.25. The molecule has 2 N–H and O–H groups in total. The fourth-order valence-electron chi connectivity index (χ4n) is 3.38. The molecule has 0 unspecified atom stereocenters. The molecule has 4 aromatic rings. The van der Waals surface area contributed by atoms with Crippen molar-refractivity contribution >= 4 is 11.8 Å². The molecule has 8 heteroatoms. The van der Waals surface area contributed by atoms with Crippen molar-refractivity contribution in [3.63, 3.8) is 0 Å². The van der Waals surface area contributed by atoms with E-state index in [0.717, 1.165) is 22.3 Å². The zero-order valence-corrected chi connectivity index (χ0v) is 16.4. The number of anilines is 1. The summed E-state index contributed by atoms with van der Waals surface area (Å²) in [5.74, 6) is 0.105. The highest BCUT2D eigenvalue weighted by molar-refractivity contribution is 5.93. The molecule has 0 aliphatic rings. The minimum atomic E-state index is -0.981. The molecule has 0 amide bonds. The van der Waals surface area contributed by atoms with E-state index in [4.69, 9.17) is 0 Å². The second kappa shape index (κ2) is 8.52. The lowest BCUT2D eigenvalue weighted by Gasteiger charge is -2.23. The van der Waals surface area contributed by atoms with Crippen molar-refractivity contribution < 1.29 is 9.90 Å². The highest BCUT2D eigenvalue weighted by atomic mass is 16.4. The minimum Gasteiger partial charge on any atom is -0.478 e. The molecular weight excluding hydrogens is 380 g/mol. The van der Waals surface area contributed by atoms with E-state index in [9.17, 15) is 9.90 Å². The largest absolute Gasteiger partial charge is 0.478 e. The van der Waals surface area contributed by atoms with Gasteiger partial charge in [0.25, 0.3) is 0 Å². The van der Waals surface area contributed by atoms with Gasteiger partial charge in [0.2, 0.25) is 0 Å². The normalized spacial score (nSPS) is 10.7. The SMILES string of the molecule is CCN(Cc1ccc(-c2ccccc2-c2nnn[nH]2)cc1)c1ncccc1C(=O)O. The van der Waals surface area contributed by atoms with Crippen LogP contribution in [0.3, 0.4) is 0 Å². The molecular formula is C22H20N6O2. The van der Waals surface area contributed by atoms with Gasteiger partial charge >= 0.3 is 5.97 Å². The van der Waals surface area contributed by atoms with Crippen molar-refractivity contribution in [2.45, 2.75) is 13.5 Å². The monoisotopic (exact) mass is 400 g/mol. The molecule has 0 fully saturated rings. The van der Waals surface area contributed by atoms with Crippen LogP contribution in [0.1, 0.15) is 22.8 Å². The molecule has 8 nitrogen and oxygen atoms in total. The highest BCUT2D eigenvalue weighted by Gasteiger charge is 2.16. The zero-order chi connectivity index (χ0) is 20.9. The number of carboxylic acid groups (broad SMARTS) is 1. The number of tetrazole rings is 1. The van der Waals surface area contributed by atoms with Gasteiger partial charge in [-0.25, -0.2) is 14.9 Å². The maximum Gasteiger partial charge on any atom is 0.339 e. The Labute approximate surface area is 173 Å². The Kier molecular flexibility index (Phi) is 5.47. The van der Waals surface area contributed by atoms with Crippen LogP contribution in [0.25, 0.3) is 22.5 Å². The standard InChI is InChI=1S/C22H20N6O2/c1-2-28(21-19(22(29)30)8-5-13-23-21)14-15-9-11-16(12-10-15)17-6-3-4-7-18(17)20-24-26-27-25-20/h3-13H,2,14H2,1H3,(H,29,30)(H,24,25,26,27). The maximum atomic E-state index is 11.5. The molecule has 0 aliphatic carbocycles. The van der Waals surface area contributed by atoms with Crippen LogP contribution in [-0.4, -0.2) is 43.2 Å². The summed E-state index contributed by atoms with van der Waals surface area (Å²) in [6.45, 7) is 3.18. The molecule has 2 heterocycles. The fraction of sp³-hybridized carbons (Fsp3) is 0.136. The van der Waals surface area contributed by atoms with E-state index in [1.54, 1.807) is 18.3 Å². The summed E-state index contributed by atoms with van der Waals surface area (Å²) in [5, 5.41) is 23.6. The Hall–Kier alpha value is -4.07. The number of carboxylic acids is 1. The predicted octanol–water partition coefficient (Wildman–Crippen LogP) is 3.65. The summed E-state index contributed by atoms with van der Waals surface area (Å²) < 4.78 is 0. The summed E-state index contributed by atoms with van der Waals surface area (Å²) in [7, 11) is 0. The number of hydrogen-bond donors (Lipinski definition) is 2. The summed E-state index contributed by atoms with van der Waals surface area (Å²) in [6.07, 6.45) is 1.61. The lowest BCUT2D eigenvalue weighted by molar-refractivity contribution is 0.0697. The topological polar surface area (TPSA) is 108 Å². The van der Waals surface area contributed by atoms with Crippen LogP contribution in [0.4, 0.5) is 5.82 Å². The van der Waals surface area contributed by atoms with Gasteiger partial charge in [-0.1, -0.05) is 48.5 Å². The van der Waals surface area contributed by atoms with Gasteiger partial charge in [-0.05, 0) is 46.2 Å². The summed E-state index contributed by atoms with van der Waals surface area (Å²) in [4.78, 5) is 17.8. The molecule has 4 rings (SSSR count). The van der Waals surface area contributed by atoms with Crippen LogP contribution in [-0.2, 0) is 6.54 Å². The average Bonchev–Trinajstić information content (AvgIpc) is 3.33. The first-order valence-corrected chi connectivity index (χ1v) is 9.53.